The van der Waals surface area contributed by atoms with Gasteiger partial charge in [-0.05, 0) is 37.0 Å². The van der Waals surface area contributed by atoms with Crippen molar-refractivity contribution in [2.75, 3.05) is 13.7 Å². The van der Waals surface area contributed by atoms with Crippen LogP contribution in [0.2, 0.25) is 0 Å². The molecule has 6 nitrogen and oxygen atoms in total. The third-order valence-electron chi connectivity index (χ3n) is 3.53. The highest BCUT2D eigenvalue weighted by molar-refractivity contribution is 5.84. The van der Waals surface area contributed by atoms with Gasteiger partial charge >= 0.3 is 6.18 Å². The summed E-state index contributed by atoms with van der Waals surface area (Å²) < 4.78 is 46.3. The number of amides is 2. The van der Waals surface area contributed by atoms with E-state index in [0.29, 0.717) is 12.0 Å². The number of benzene rings is 1. The highest BCUT2D eigenvalue weighted by atomic mass is 19.4. The van der Waals surface area contributed by atoms with Crippen molar-refractivity contribution in [1.29, 1.82) is 0 Å². The van der Waals surface area contributed by atoms with Crippen molar-refractivity contribution < 1.29 is 32.2 Å². The molecule has 2 N–H and O–H groups in total. The number of methoxy groups -OCH3 is 1. The van der Waals surface area contributed by atoms with Gasteiger partial charge < -0.3 is 9.47 Å². The minimum atomic E-state index is -4.44. The molecule has 0 radical (unpaired) electrons. The molecule has 0 aromatic heterocycles. The molecule has 1 saturated carbocycles. The molecule has 0 unspecified atom stereocenters. The Labute approximate surface area is 142 Å². The van der Waals surface area contributed by atoms with Gasteiger partial charge in [0.15, 0.2) is 18.1 Å². The lowest BCUT2D eigenvalue weighted by molar-refractivity contribution is -0.153. The Morgan fingerprint density at radius 3 is 2.52 bits per heavy atom. The summed E-state index contributed by atoms with van der Waals surface area (Å²) in [6, 6.07) is 4.44. The van der Waals surface area contributed by atoms with E-state index in [1.54, 1.807) is 6.07 Å². The Bertz CT molecular complexity index is 630. The molecule has 138 valence electrons. The quantitative estimate of drug-likeness (QED) is 0.731. The van der Waals surface area contributed by atoms with Gasteiger partial charge in [-0.2, -0.15) is 13.2 Å². The molecule has 1 fully saturated rings. The molecule has 0 bridgehead atoms. The molecular weight excluding hydrogens is 341 g/mol. The number of hydrogen-bond donors (Lipinski definition) is 2. The largest absolute Gasteiger partial charge is 0.493 e. The molecule has 1 aromatic rings. The summed E-state index contributed by atoms with van der Waals surface area (Å²) in [6.07, 6.45) is -2.32. The van der Waals surface area contributed by atoms with Crippen LogP contribution in [0.4, 0.5) is 13.2 Å². The standard InChI is InChI=1S/C16H19F3N2O4/c1-24-13-8-10(2-6-12(13)25-9-16(17,18)19)3-7-14(22)20-21-15(23)11-4-5-11/h2,6,8,11H,3-5,7,9H2,1H3,(H,20,22)(H,21,23). The van der Waals surface area contributed by atoms with Gasteiger partial charge in [-0.25, -0.2) is 0 Å². The molecule has 25 heavy (non-hydrogen) atoms. The fourth-order valence-electron chi connectivity index (χ4n) is 2.05. The van der Waals surface area contributed by atoms with Crippen LogP contribution < -0.4 is 20.3 Å². The third kappa shape index (κ3) is 6.52. The molecule has 2 amide bonds. The maximum absolute atomic E-state index is 12.2. The van der Waals surface area contributed by atoms with Crippen molar-refractivity contribution in [3.8, 4) is 11.5 Å². The van der Waals surface area contributed by atoms with Crippen molar-refractivity contribution in [2.24, 2.45) is 5.92 Å². The Morgan fingerprint density at radius 1 is 1.20 bits per heavy atom. The number of carbonyl (C=O) groups is 2. The van der Waals surface area contributed by atoms with E-state index in [2.05, 4.69) is 15.6 Å². The zero-order chi connectivity index (χ0) is 18.4. The first kappa shape index (κ1) is 18.9. The summed E-state index contributed by atoms with van der Waals surface area (Å²) in [7, 11) is 1.32. The molecule has 9 heteroatoms. The average molecular weight is 360 g/mol. The van der Waals surface area contributed by atoms with E-state index in [9.17, 15) is 22.8 Å². The number of ether oxygens (including phenoxy) is 2. The SMILES string of the molecule is COc1cc(CCC(=O)NNC(=O)C2CC2)ccc1OCC(F)(F)F. The predicted molar refractivity (Wildman–Crippen MR) is 81.9 cm³/mol. The van der Waals surface area contributed by atoms with Gasteiger partial charge in [-0.15, -0.1) is 0 Å². The first-order valence-corrected chi connectivity index (χ1v) is 7.73. The van der Waals surface area contributed by atoms with Crippen molar-refractivity contribution >= 4 is 11.8 Å². The lowest BCUT2D eigenvalue weighted by Gasteiger charge is -2.13. The Morgan fingerprint density at radius 2 is 1.92 bits per heavy atom. The fourth-order valence-corrected chi connectivity index (χ4v) is 2.05. The molecule has 1 aromatic carbocycles. The van der Waals surface area contributed by atoms with Gasteiger partial charge in [0.25, 0.3) is 0 Å². The molecule has 1 aliphatic carbocycles. The number of nitrogens with one attached hydrogen (secondary N) is 2. The highest BCUT2D eigenvalue weighted by Crippen LogP contribution is 2.30. The topological polar surface area (TPSA) is 76.7 Å². The number of alkyl halides is 3. The number of hydrogen-bond acceptors (Lipinski definition) is 4. The molecule has 0 aliphatic heterocycles. The Hall–Kier alpha value is -2.45. The number of rotatable bonds is 7. The second kappa shape index (κ2) is 8.09. The number of aryl methyl sites for hydroxylation is 1. The van der Waals surface area contributed by atoms with Crippen LogP contribution in [-0.4, -0.2) is 31.7 Å². The summed E-state index contributed by atoms with van der Waals surface area (Å²) >= 11 is 0. The maximum atomic E-state index is 12.2. The minimum Gasteiger partial charge on any atom is -0.493 e. The minimum absolute atomic E-state index is 0.00574. The monoisotopic (exact) mass is 360 g/mol. The number of carbonyl (C=O) groups excluding carboxylic acids is 2. The van der Waals surface area contributed by atoms with Gasteiger partial charge in [-0.3, -0.25) is 20.4 Å². The summed E-state index contributed by atoms with van der Waals surface area (Å²) in [5.74, 6) is -0.422. The van der Waals surface area contributed by atoms with E-state index >= 15 is 0 Å². The summed E-state index contributed by atoms with van der Waals surface area (Å²) in [5, 5.41) is 0. The lowest BCUT2D eigenvalue weighted by atomic mass is 10.1. The van der Waals surface area contributed by atoms with Gasteiger partial charge in [0.1, 0.15) is 0 Å². The predicted octanol–water partition coefficient (Wildman–Crippen LogP) is 2.13. The third-order valence-corrected chi connectivity index (χ3v) is 3.53. The Balaban J connectivity index is 1.82. The molecular formula is C16H19F3N2O4. The molecule has 1 aliphatic rings. The van der Waals surface area contributed by atoms with Crippen LogP contribution in [0.3, 0.4) is 0 Å². The first-order chi connectivity index (χ1) is 11.8. The van der Waals surface area contributed by atoms with Crippen molar-refractivity contribution in [3.63, 3.8) is 0 Å². The molecule has 2 rings (SSSR count). The highest BCUT2D eigenvalue weighted by Gasteiger charge is 2.30. The van der Waals surface area contributed by atoms with E-state index in [0.717, 1.165) is 12.8 Å². The van der Waals surface area contributed by atoms with Crippen LogP contribution in [0, 0.1) is 5.92 Å². The van der Waals surface area contributed by atoms with E-state index in [1.165, 1.54) is 19.2 Å². The number of hydrazine groups is 1. The number of halogens is 3. The zero-order valence-electron chi connectivity index (χ0n) is 13.6. The Kier molecular flexibility index (Phi) is 6.11. The summed E-state index contributed by atoms with van der Waals surface area (Å²) in [4.78, 5) is 23.1. The van der Waals surface area contributed by atoms with E-state index < -0.39 is 12.8 Å². The molecule has 0 atom stereocenters. The molecule has 0 saturated heterocycles. The van der Waals surface area contributed by atoms with Crippen LogP contribution in [0.5, 0.6) is 11.5 Å². The van der Waals surface area contributed by atoms with E-state index in [1.807, 2.05) is 0 Å². The van der Waals surface area contributed by atoms with Crippen LogP contribution in [0.25, 0.3) is 0 Å². The molecule has 0 heterocycles. The lowest BCUT2D eigenvalue weighted by Crippen LogP contribution is -2.42. The van der Waals surface area contributed by atoms with Gasteiger partial charge in [0.2, 0.25) is 11.8 Å². The molecule has 0 spiro atoms. The normalized spacial score (nSPS) is 13.9. The maximum Gasteiger partial charge on any atom is 0.422 e. The van der Waals surface area contributed by atoms with Crippen molar-refractivity contribution in [3.05, 3.63) is 23.8 Å². The van der Waals surface area contributed by atoms with Crippen LogP contribution >= 0.6 is 0 Å². The van der Waals surface area contributed by atoms with Crippen molar-refractivity contribution in [2.45, 2.75) is 31.9 Å². The first-order valence-electron chi connectivity index (χ1n) is 7.73. The summed E-state index contributed by atoms with van der Waals surface area (Å²) in [5.41, 5.74) is 5.38. The summed E-state index contributed by atoms with van der Waals surface area (Å²) in [6.45, 7) is -1.41. The van der Waals surface area contributed by atoms with Crippen molar-refractivity contribution in [1.82, 2.24) is 10.9 Å². The second-order valence-electron chi connectivity index (χ2n) is 5.70. The smallest absolute Gasteiger partial charge is 0.422 e. The van der Waals surface area contributed by atoms with Gasteiger partial charge in [0.05, 0.1) is 7.11 Å². The van der Waals surface area contributed by atoms with Crippen LogP contribution in [-0.2, 0) is 16.0 Å². The second-order valence-corrected chi connectivity index (χ2v) is 5.70. The van der Waals surface area contributed by atoms with E-state index in [4.69, 9.17) is 4.74 Å². The fraction of sp³-hybridized carbons (Fsp3) is 0.500. The van der Waals surface area contributed by atoms with Gasteiger partial charge in [0, 0.05) is 12.3 Å². The van der Waals surface area contributed by atoms with Gasteiger partial charge in [-0.1, -0.05) is 6.07 Å². The zero-order valence-corrected chi connectivity index (χ0v) is 13.6. The van der Waals surface area contributed by atoms with Crippen LogP contribution in [0.15, 0.2) is 18.2 Å². The van der Waals surface area contributed by atoms with Crippen LogP contribution in [0.1, 0.15) is 24.8 Å². The average Bonchev–Trinajstić information content (AvgIpc) is 3.40. The van der Waals surface area contributed by atoms with E-state index in [-0.39, 0.29) is 35.7 Å².